The summed E-state index contributed by atoms with van der Waals surface area (Å²) in [4.78, 5) is 28.7. The van der Waals surface area contributed by atoms with Crippen molar-refractivity contribution in [3.05, 3.63) is 42.1 Å². The van der Waals surface area contributed by atoms with E-state index in [1.807, 2.05) is 27.7 Å². The van der Waals surface area contributed by atoms with Gasteiger partial charge in [0.25, 0.3) is 5.91 Å². The van der Waals surface area contributed by atoms with Crippen LogP contribution in [-0.2, 0) is 10.0 Å². The molecule has 0 bridgehead atoms. The van der Waals surface area contributed by atoms with Crippen LogP contribution in [-0.4, -0.2) is 91.2 Å². The van der Waals surface area contributed by atoms with Crippen LogP contribution in [0.3, 0.4) is 0 Å². The Morgan fingerprint density at radius 2 is 1.84 bits per heavy atom. The van der Waals surface area contributed by atoms with Gasteiger partial charge in [0.05, 0.1) is 18.0 Å². The Bertz CT molecular complexity index is 1400. The van der Waals surface area contributed by atoms with Crippen LogP contribution in [0.15, 0.2) is 30.7 Å². The Hall–Kier alpha value is -2.83. The van der Waals surface area contributed by atoms with Gasteiger partial charge in [-0.25, -0.2) is 27.5 Å². The highest BCUT2D eigenvalue weighted by Gasteiger charge is 2.46. The van der Waals surface area contributed by atoms with E-state index in [9.17, 15) is 17.6 Å². The number of ether oxygens (including phenoxy) is 1. The van der Waals surface area contributed by atoms with Gasteiger partial charge in [0.2, 0.25) is 10.0 Å². The maximum Gasteiger partial charge on any atom is 0.258 e. The van der Waals surface area contributed by atoms with E-state index in [0.717, 1.165) is 64.8 Å². The molecule has 1 atom stereocenters. The number of sulfonamides is 1. The van der Waals surface area contributed by atoms with Crippen molar-refractivity contribution in [1.82, 2.24) is 24.5 Å². The number of hydrogen-bond acceptors (Lipinski definition) is 8. The molecule has 1 aromatic heterocycles. The molecule has 10 nitrogen and oxygen atoms in total. The highest BCUT2D eigenvalue weighted by atomic mass is 32.2. The molecule has 3 fully saturated rings. The van der Waals surface area contributed by atoms with Gasteiger partial charge in [0.1, 0.15) is 17.9 Å². The number of anilines is 1. The van der Waals surface area contributed by atoms with Gasteiger partial charge >= 0.3 is 0 Å². The van der Waals surface area contributed by atoms with E-state index in [4.69, 9.17) is 4.74 Å². The molecule has 2 saturated heterocycles. The quantitative estimate of drug-likeness (QED) is 0.422. The van der Waals surface area contributed by atoms with Crippen LogP contribution in [0.25, 0.3) is 0 Å². The van der Waals surface area contributed by atoms with Crippen LogP contribution < -0.4 is 14.4 Å². The summed E-state index contributed by atoms with van der Waals surface area (Å²) in [7, 11) is -3.16. The van der Waals surface area contributed by atoms with Crippen LogP contribution >= 0.6 is 0 Å². The number of aromatic nitrogens is 2. The van der Waals surface area contributed by atoms with Gasteiger partial charge in [-0.2, -0.15) is 0 Å². The van der Waals surface area contributed by atoms with Gasteiger partial charge in [0.15, 0.2) is 11.6 Å². The van der Waals surface area contributed by atoms with Crippen LogP contribution in [0.5, 0.6) is 11.5 Å². The van der Waals surface area contributed by atoms with Crippen LogP contribution in [0.4, 0.5) is 10.2 Å². The third-order valence-electron chi connectivity index (χ3n) is 9.04. The minimum atomic E-state index is -3.16. The molecule has 3 aliphatic rings. The average Bonchev–Trinajstić information content (AvgIpc) is 3.37. The standard InChI is InChI=1S/C31H45FN6O4S/c1-21(2)38(22(3)4)30(39)26-14-24(32)6-7-27(26)42-28-15-33-20-34-29(28)37-13-10-23(17-37)16-36-18-31(19-36)11-8-25(9-12-31)35-43(5,40)41/h6-7,14-15,20-23,25,35H,8-13,16-19H2,1-5H3/t23-/m1/s1. The van der Waals surface area contributed by atoms with Crippen molar-refractivity contribution < 1.29 is 22.3 Å². The van der Waals surface area contributed by atoms with E-state index >= 15 is 0 Å². The predicted molar refractivity (Wildman–Crippen MR) is 164 cm³/mol. The summed E-state index contributed by atoms with van der Waals surface area (Å²) >= 11 is 0. The largest absolute Gasteiger partial charge is 0.451 e. The molecule has 43 heavy (non-hydrogen) atoms. The summed E-state index contributed by atoms with van der Waals surface area (Å²) in [6.45, 7) is 12.6. The first-order chi connectivity index (χ1) is 20.3. The van der Waals surface area contributed by atoms with Crippen molar-refractivity contribution in [2.75, 3.05) is 43.9 Å². The first-order valence-electron chi connectivity index (χ1n) is 15.4. The van der Waals surface area contributed by atoms with E-state index in [1.54, 1.807) is 11.1 Å². The van der Waals surface area contributed by atoms with E-state index < -0.39 is 15.8 Å². The van der Waals surface area contributed by atoms with Crippen molar-refractivity contribution >= 4 is 21.7 Å². The van der Waals surface area contributed by atoms with E-state index in [0.29, 0.717) is 22.9 Å². The molecule has 5 rings (SSSR count). The maximum absolute atomic E-state index is 14.3. The number of carbonyl (C=O) groups is 1. The number of hydrogen-bond donors (Lipinski definition) is 1. The number of nitrogens with one attached hydrogen (secondary N) is 1. The fraction of sp³-hybridized carbons (Fsp3) is 0.645. The Labute approximate surface area is 255 Å². The zero-order chi connectivity index (χ0) is 30.9. The van der Waals surface area contributed by atoms with E-state index in [2.05, 4.69) is 24.5 Å². The zero-order valence-electron chi connectivity index (χ0n) is 25.9. The summed E-state index contributed by atoms with van der Waals surface area (Å²) in [5, 5.41) is 0. The van der Waals surface area contributed by atoms with Crippen molar-refractivity contribution in [3.8, 4) is 11.5 Å². The number of amides is 1. The summed E-state index contributed by atoms with van der Waals surface area (Å²) in [6.07, 6.45) is 9.31. The lowest BCUT2D eigenvalue weighted by atomic mass is 9.67. The van der Waals surface area contributed by atoms with Gasteiger partial charge in [-0.05, 0) is 89.3 Å². The zero-order valence-corrected chi connectivity index (χ0v) is 26.7. The normalized spacial score (nSPS) is 21.0. The van der Waals surface area contributed by atoms with Crippen molar-refractivity contribution in [2.24, 2.45) is 11.3 Å². The van der Waals surface area contributed by atoms with Gasteiger partial charge in [-0.15, -0.1) is 0 Å². The minimum absolute atomic E-state index is 0.0611. The molecule has 0 radical (unpaired) electrons. The number of halogens is 1. The smallest absolute Gasteiger partial charge is 0.258 e. The molecule has 2 aliphatic heterocycles. The summed E-state index contributed by atoms with van der Waals surface area (Å²) in [5.41, 5.74) is 0.497. The number of benzene rings is 1. The number of rotatable bonds is 10. The molecule has 3 heterocycles. The first kappa shape index (κ1) is 31.6. The summed E-state index contributed by atoms with van der Waals surface area (Å²) in [5.74, 6) is 1.08. The van der Waals surface area contributed by atoms with Gasteiger partial charge in [-0.1, -0.05) is 0 Å². The molecule has 1 saturated carbocycles. The summed E-state index contributed by atoms with van der Waals surface area (Å²) < 4.78 is 46.5. The van der Waals surface area contributed by atoms with Crippen molar-refractivity contribution in [2.45, 2.75) is 77.9 Å². The molecule has 12 heteroatoms. The van der Waals surface area contributed by atoms with E-state index in [-0.39, 0.29) is 35.3 Å². The first-order valence-corrected chi connectivity index (χ1v) is 17.3. The number of likely N-dealkylation sites (tertiary alicyclic amines) is 1. The molecule has 0 unspecified atom stereocenters. The third kappa shape index (κ3) is 7.46. The van der Waals surface area contributed by atoms with Crippen molar-refractivity contribution in [1.29, 1.82) is 0 Å². The molecule has 1 aliphatic carbocycles. The minimum Gasteiger partial charge on any atom is -0.451 e. The lowest BCUT2D eigenvalue weighted by Gasteiger charge is -2.54. The molecular formula is C31H45FN6O4S. The van der Waals surface area contributed by atoms with Crippen LogP contribution in [0, 0.1) is 17.2 Å². The molecule has 2 aromatic rings. The lowest BCUT2D eigenvalue weighted by Crippen LogP contribution is -2.59. The Morgan fingerprint density at radius 1 is 1.14 bits per heavy atom. The maximum atomic E-state index is 14.3. The average molecular weight is 617 g/mol. The highest BCUT2D eigenvalue weighted by Crippen LogP contribution is 2.45. The fourth-order valence-electron chi connectivity index (χ4n) is 7.24. The number of carbonyl (C=O) groups excluding carboxylic acids is 1. The lowest BCUT2D eigenvalue weighted by molar-refractivity contribution is -0.0386. The Morgan fingerprint density at radius 3 is 2.49 bits per heavy atom. The topological polar surface area (TPSA) is 108 Å². The SMILES string of the molecule is CC(C)N(C(=O)c1cc(F)ccc1Oc1cncnc1N1CC[C@H](CN2CC3(CCC(NS(C)(=O)=O)CC3)C2)C1)C(C)C. The van der Waals surface area contributed by atoms with Gasteiger partial charge in [0, 0.05) is 50.8 Å². The van der Waals surface area contributed by atoms with Crippen LogP contribution in [0.1, 0.15) is 70.2 Å². The van der Waals surface area contributed by atoms with Gasteiger partial charge < -0.3 is 19.4 Å². The molecule has 1 aromatic carbocycles. The monoisotopic (exact) mass is 616 g/mol. The Kier molecular flexibility index (Phi) is 9.29. The molecule has 236 valence electrons. The summed E-state index contributed by atoms with van der Waals surface area (Å²) in [6, 6.07) is 3.97. The predicted octanol–water partition coefficient (Wildman–Crippen LogP) is 4.29. The fourth-order valence-corrected chi connectivity index (χ4v) is 8.08. The van der Waals surface area contributed by atoms with Crippen LogP contribution in [0.2, 0.25) is 0 Å². The molecule has 1 N–H and O–H groups in total. The molecule has 1 spiro atoms. The second-order valence-electron chi connectivity index (χ2n) is 13.3. The molecular weight excluding hydrogens is 571 g/mol. The second-order valence-corrected chi connectivity index (χ2v) is 15.1. The second kappa shape index (κ2) is 12.6. The highest BCUT2D eigenvalue weighted by molar-refractivity contribution is 7.88. The van der Waals surface area contributed by atoms with Crippen molar-refractivity contribution in [3.63, 3.8) is 0 Å². The Balaban J connectivity index is 1.20. The third-order valence-corrected chi connectivity index (χ3v) is 9.81. The number of nitrogens with zero attached hydrogens (tertiary/aromatic N) is 5. The van der Waals surface area contributed by atoms with Gasteiger partial charge in [-0.3, -0.25) is 4.79 Å². The molecule has 1 amide bonds. The van der Waals surface area contributed by atoms with E-state index in [1.165, 1.54) is 30.8 Å².